The minimum absolute atomic E-state index is 0.0886. The lowest BCUT2D eigenvalue weighted by atomic mass is 9.85. The number of rotatable bonds is 4. The first-order chi connectivity index (χ1) is 14.6. The molecule has 0 unspecified atom stereocenters. The average molecular weight is 404 g/mol. The van der Waals surface area contributed by atoms with Gasteiger partial charge in [-0.25, -0.2) is 4.98 Å². The molecule has 2 aliphatic rings. The normalized spacial score (nSPS) is 16.3. The van der Waals surface area contributed by atoms with Gasteiger partial charge in [-0.1, -0.05) is 32.0 Å². The van der Waals surface area contributed by atoms with Crippen LogP contribution < -0.4 is 9.88 Å². The van der Waals surface area contributed by atoms with Gasteiger partial charge in [-0.15, -0.1) is 0 Å². The van der Waals surface area contributed by atoms with Crippen molar-refractivity contribution in [2.45, 2.75) is 46.0 Å². The summed E-state index contributed by atoms with van der Waals surface area (Å²) >= 11 is 0. The van der Waals surface area contributed by atoms with E-state index in [2.05, 4.69) is 29.8 Å². The van der Waals surface area contributed by atoms with Crippen molar-refractivity contribution in [1.82, 2.24) is 4.90 Å². The van der Waals surface area contributed by atoms with E-state index in [-0.39, 0.29) is 5.91 Å². The molecule has 1 amide bonds. The van der Waals surface area contributed by atoms with Crippen LogP contribution >= 0.6 is 0 Å². The fraction of sp³-hybridized carbons (Fsp3) is 0.480. The minimum atomic E-state index is 0.0886. The number of benzene rings is 1. The number of nitriles is 1. The van der Waals surface area contributed by atoms with Crippen molar-refractivity contribution in [2.75, 3.05) is 31.1 Å². The third-order valence-electron chi connectivity index (χ3n) is 6.27. The molecule has 5 heteroatoms. The third kappa shape index (κ3) is 4.05. The molecule has 0 saturated carbocycles. The number of carbonyl (C=O) groups excluding carboxylic acids is 1. The zero-order valence-electron chi connectivity index (χ0n) is 18.1. The van der Waals surface area contributed by atoms with E-state index >= 15 is 0 Å². The first-order valence-electron chi connectivity index (χ1n) is 11.2. The number of nitrogens with zero attached hydrogens (tertiary/aromatic N) is 3. The van der Waals surface area contributed by atoms with E-state index < -0.39 is 0 Å². The SMILES string of the molecule is CC(C)Cc1[nH+]c(N2CCN(C(=O)c3ccccc3)CC2)c(C#N)c2c1CCCC2. The summed E-state index contributed by atoms with van der Waals surface area (Å²) in [6, 6.07) is 12.0. The Bertz CT molecular complexity index is 953. The first-order valence-corrected chi connectivity index (χ1v) is 11.2. The number of pyridine rings is 1. The second-order valence-corrected chi connectivity index (χ2v) is 8.85. The van der Waals surface area contributed by atoms with Gasteiger partial charge in [0.1, 0.15) is 30.4 Å². The summed E-state index contributed by atoms with van der Waals surface area (Å²) in [6.07, 6.45) is 5.44. The summed E-state index contributed by atoms with van der Waals surface area (Å²) in [5.41, 5.74) is 5.50. The lowest BCUT2D eigenvalue weighted by Crippen LogP contribution is -2.50. The van der Waals surface area contributed by atoms with Crippen molar-refractivity contribution in [3.8, 4) is 6.07 Å². The number of H-pyrrole nitrogens is 1. The Balaban J connectivity index is 1.58. The maximum Gasteiger partial charge on any atom is 0.293 e. The molecule has 1 aliphatic heterocycles. The number of aromatic amines is 1. The zero-order chi connectivity index (χ0) is 21.1. The van der Waals surface area contributed by atoms with Gasteiger partial charge >= 0.3 is 0 Å². The number of amides is 1. The van der Waals surface area contributed by atoms with Crippen LogP contribution in [0.4, 0.5) is 5.82 Å². The molecular weight excluding hydrogens is 372 g/mol. The van der Waals surface area contributed by atoms with E-state index in [9.17, 15) is 10.1 Å². The molecule has 1 aliphatic carbocycles. The second-order valence-electron chi connectivity index (χ2n) is 8.85. The van der Waals surface area contributed by atoms with Crippen molar-refractivity contribution in [3.05, 3.63) is 58.3 Å². The largest absolute Gasteiger partial charge is 0.331 e. The summed E-state index contributed by atoms with van der Waals surface area (Å²) in [7, 11) is 0. The van der Waals surface area contributed by atoms with Crippen LogP contribution in [0.5, 0.6) is 0 Å². The van der Waals surface area contributed by atoms with Crippen molar-refractivity contribution in [2.24, 2.45) is 5.92 Å². The van der Waals surface area contributed by atoms with E-state index in [0.29, 0.717) is 19.0 Å². The molecule has 2 aromatic rings. The number of nitrogens with one attached hydrogen (secondary N) is 1. The van der Waals surface area contributed by atoms with Gasteiger partial charge in [0.05, 0.1) is 13.1 Å². The van der Waals surface area contributed by atoms with Gasteiger partial charge in [0.2, 0.25) is 0 Å². The molecule has 0 radical (unpaired) electrons. The maximum atomic E-state index is 12.8. The van der Waals surface area contributed by atoms with Gasteiger partial charge in [0, 0.05) is 12.0 Å². The van der Waals surface area contributed by atoms with Crippen LogP contribution in [0.25, 0.3) is 0 Å². The van der Waals surface area contributed by atoms with Gasteiger partial charge in [0.15, 0.2) is 0 Å². The molecular formula is C25H31N4O+. The summed E-state index contributed by atoms with van der Waals surface area (Å²) < 4.78 is 0. The van der Waals surface area contributed by atoms with Crippen molar-refractivity contribution in [1.29, 1.82) is 5.26 Å². The molecule has 4 rings (SSSR count). The summed E-state index contributed by atoms with van der Waals surface area (Å²) in [5.74, 6) is 1.61. The Morgan fingerprint density at radius 3 is 2.37 bits per heavy atom. The molecule has 30 heavy (non-hydrogen) atoms. The smallest absolute Gasteiger partial charge is 0.293 e. The highest BCUT2D eigenvalue weighted by Gasteiger charge is 2.33. The van der Waals surface area contributed by atoms with Gasteiger partial charge < -0.3 is 4.90 Å². The lowest BCUT2D eigenvalue weighted by molar-refractivity contribution is -0.378. The molecule has 156 valence electrons. The Morgan fingerprint density at radius 2 is 1.73 bits per heavy atom. The van der Waals surface area contributed by atoms with Crippen LogP contribution in [0.1, 0.15) is 59.4 Å². The van der Waals surface area contributed by atoms with E-state index in [1.165, 1.54) is 23.2 Å². The van der Waals surface area contributed by atoms with Crippen molar-refractivity contribution >= 4 is 11.7 Å². The lowest BCUT2D eigenvalue weighted by Gasteiger charge is -2.32. The maximum absolute atomic E-state index is 12.8. The number of aromatic nitrogens is 1. The molecule has 1 saturated heterocycles. The highest BCUT2D eigenvalue weighted by Crippen LogP contribution is 2.31. The highest BCUT2D eigenvalue weighted by atomic mass is 16.2. The van der Waals surface area contributed by atoms with E-state index in [1.807, 2.05) is 35.2 Å². The van der Waals surface area contributed by atoms with Crippen molar-refractivity contribution < 1.29 is 9.78 Å². The van der Waals surface area contributed by atoms with E-state index in [4.69, 9.17) is 0 Å². The fourth-order valence-electron chi connectivity index (χ4n) is 4.77. The average Bonchev–Trinajstić information content (AvgIpc) is 2.79. The quantitative estimate of drug-likeness (QED) is 0.786. The summed E-state index contributed by atoms with van der Waals surface area (Å²) in [4.78, 5) is 20.6. The number of anilines is 1. The van der Waals surface area contributed by atoms with Crippen molar-refractivity contribution in [3.63, 3.8) is 0 Å². The van der Waals surface area contributed by atoms with Gasteiger partial charge in [-0.3, -0.25) is 9.69 Å². The van der Waals surface area contributed by atoms with Crippen LogP contribution in [-0.4, -0.2) is 37.0 Å². The molecule has 1 N–H and O–H groups in total. The highest BCUT2D eigenvalue weighted by molar-refractivity contribution is 5.94. The number of fused-ring (bicyclic) bond motifs is 1. The molecule has 0 bridgehead atoms. The van der Waals surface area contributed by atoms with Crippen LogP contribution in [0.2, 0.25) is 0 Å². The van der Waals surface area contributed by atoms with Gasteiger partial charge in [0.25, 0.3) is 11.7 Å². The number of piperazine rings is 1. The first kappa shape index (κ1) is 20.4. The number of carbonyl (C=O) groups is 1. The van der Waals surface area contributed by atoms with Gasteiger partial charge in [-0.2, -0.15) is 5.26 Å². The Labute approximate surface area is 179 Å². The monoisotopic (exact) mass is 403 g/mol. The van der Waals surface area contributed by atoms with Gasteiger partial charge in [-0.05, 0) is 54.9 Å². The Morgan fingerprint density at radius 1 is 1.07 bits per heavy atom. The topological polar surface area (TPSA) is 61.5 Å². The summed E-state index contributed by atoms with van der Waals surface area (Å²) in [5, 5.41) is 10.0. The predicted octanol–water partition coefficient (Wildman–Crippen LogP) is 3.41. The molecule has 2 heterocycles. The fourth-order valence-corrected chi connectivity index (χ4v) is 4.77. The van der Waals surface area contributed by atoms with E-state index in [1.54, 1.807) is 0 Å². The molecule has 0 spiro atoms. The van der Waals surface area contributed by atoms with Crippen LogP contribution in [0.15, 0.2) is 30.3 Å². The predicted molar refractivity (Wildman–Crippen MR) is 117 cm³/mol. The van der Waals surface area contributed by atoms with Crippen LogP contribution in [0, 0.1) is 17.2 Å². The standard InChI is InChI=1S/C25H30N4O/c1-18(2)16-23-21-11-7-6-10-20(21)22(17-26)24(27-23)28-12-14-29(15-13-28)25(30)19-8-4-3-5-9-19/h3-5,8-9,18H,6-7,10-16H2,1-2H3/p+1. The Hall–Kier alpha value is -2.87. The molecule has 1 aromatic heterocycles. The molecule has 1 fully saturated rings. The third-order valence-corrected chi connectivity index (χ3v) is 6.27. The zero-order valence-corrected chi connectivity index (χ0v) is 18.1. The summed E-state index contributed by atoms with van der Waals surface area (Å²) in [6.45, 7) is 7.31. The number of hydrogen-bond donors (Lipinski definition) is 0. The number of hydrogen-bond acceptors (Lipinski definition) is 3. The molecule has 1 aromatic carbocycles. The minimum Gasteiger partial charge on any atom is -0.331 e. The molecule has 5 nitrogen and oxygen atoms in total. The van der Waals surface area contributed by atoms with Crippen LogP contribution in [-0.2, 0) is 19.3 Å². The van der Waals surface area contributed by atoms with E-state index in [0.717, 1.165) is 55.7 Å². The second kappa shape index (κ2) is 8.87. The van der Waals surface area contributed by atoms with Crippen LogP contribution in [0.3, 0.4) is 0 Å². The molecule has 0 atom stereocenters. The Kier molecular flexibility index (Phi) is 6.03.